The van der Waals surface area contributed by atoms with Gasteiger partial charge in [0.2, 0.25) is 0 Å². The molecule has 0 N–H and O–H groups in total. The molecule has 0 bridgehead atoms. The van der Waals surface area contributed by atoms with E-state index in [0.717, 1.165) is 0 Å². The summed E-state index contributed by atoms with van der Waals surface area (Å²) in [7, 11) is 0. The van der Waals surface area contributed by atoms with Crippen molar-refractivity contribution in [3.63, 3.8) is 0 Å². The fraction of sp³-hybridized carbons (Fsp3) is 0.958. The second-order valence-electron chi connectivity index (χ2n) is 7.95. The van der Waals surface area contributed by atoms with E-state index in [2.05, 4.69) is 32.2 Å². The van der Waals surface area contributed by atoms with E-state index >= 15 is 0 Å². The van der Waals surface area contributed by atoms with E-state index in [0.29, 0.717) is 0 Å². The number of nitrogens with zero attached hydrogens (tertiary/aromatic N) is 1. The van der Waals surface area contributed by atoms with Crippen LogP contribution in [0.25, 0.3) is 0 Å². The molecule has 0 aromatic rings. The Kier molecular flexibility index (Phi) is 22.0. The monoisotopic (exact) mass is 352 g/mol. The van der Waals surface area contributed by atoms with Gasteiger partial charge in [-0.2, -0.15) is 0 Å². The largest absolute Gasteiger partial charge is 0.299 e. The van der Waals surface area contributed by atoms with Crippen molar-refractivity contribution in [3.05, 3.63) is 6.54 Å². The smallest absolute Gasteiger partial charge is 0.0220 e. The van der Waals surface area contributed by atoms with Gasteiger partial charge in [-0.05, 0) is 32.9 Å². The molecule has 0 amide bonds. The van der Waals surface area contributed by atoms with E-state index in [9.17, 15) is 0 Å². The molecule has 151 valence electrons. The van der Waals surface area contributed by atoms with Gasteiger partial charge in [-0.3, -0.25) is 4.90 Å². The summed E-state index contributed by atoms with van der Waals surface area (Å²) in [5.41, 5.74) is 0. The van der Waals surface area contributed by atoms with E-state index in [4.69, 9.17) is 0 Å². The van der Waals surface area contributed by atoms with Crippen molar-refractivity contribution >= 4 is 0 Å². The number of rotatable bonds is 21. The SMILES string of the molecule is C[CH]N(CCCCCCCCCCC)CCCCCCCCCCC. The van der Waals surface area contributed by atoms with Gasteiger partial charge < -0.3 is 0 Å². The van der Waals surface area contributed by atoms with E-state index in [1.54, 1.807) is 0 Å². The summed E-state index contributed by atoms with van der Waals surface area (Å²) in [5, 5.41) is 0. The van der Waals surface area contributed by atoms with Gasteiger partial charge in [0, 0.05) is 6.54 Å². The zero-order valence-electron chi connectivity index (χ0n) is 18.2. The summed E-state index contributed by atoms with van der Waals surface area (Å²) in [6.45, 7) is 11.7. The molecule has 0 spiro atoms. The summed E-state index contributed by atoms with van der Waals surface area (Å²) in [4.78, 5) is 2.56. The molecule has 1 radical (unpaired) electrons. The van der Waals surface area contributed by atoms with Crippen molar-refractivity contribution in [2.24, 2.45) is 0 Å². The third-order valence-corrected chi connectivity index (χ3v) is 5.46. The molecule has 1 nitrogen and oxygen atoms in total. The van der Waals surface area contributed by atoms with E-state index in [1.165, 1.54) is 129 Å². The molecule has 0 aliphatic heterocycles. The van der Waals surface area contributed by atoms with Crippen molar-refractivity contribution in [2.75, 3.05) is 13.1 Å². The predicted molar refractivity (Wildman–Crippen MR) is 116 cm³/mol. The lowest BCUT2D eigenvalue weighted by Crippen LogP contribution is -2.22. The first-order valence-electron chi connectivity index (χ1n) is 11.9. The highest BCUT2D eigenvalue weighted by atomic mass is 15.1. The standard InChI is InChI=1S/C24H50N/c1-4-7-9-11-13-15-17-19-21-23-25(6-3)24-22-20-18-16-14-12-10-8-5-2/h6H,4-5,7-24H2,1-3H3. The third kappa shape index (κ3) is 20.1. The zero-order chi connectivity index (χ0) is 18.4. The van der Waals surface area contributed by atoms with Crippen LogP contribution in [-0.4, -0.2) is 18.0 Å². The van der Waals surface area contributed by atoms with Gasteiger partial charge in [0.25, 0.3) is 0 Å². The molecule has 25 heavy (non-hydrogen) atoms. The van der Waals surface area contributed by atoms with Gasteiger partial charge in [-0.15, -0.1) is 0 Å². The summed E-state index contributed by atoms with van der Waals surface area (Å²) in [5.74, 6) is 0. The van der Waals surface area contributed by atoms with Crippen LogP contribution in [0.1, 0.15) is 136 Å². The number of unbranched alkanes of at least 4 members (excludes halogenated alkanes) is 16. The Bertz CT molecular complexity index is 204. The first-order chi connectivity index (χ1) is 12.3. The molecule has 0 aliphatic rings. The van der Waals surface area contributed by atoms with Gasteiger partial charge in [-0.25, -0.2) is 0 Å². The van der Waals surface area contributed by atoms with Crippen molar-refractivity contribution in [1.29, 1.82) is 0 Å². The Hall–Kier alpha value is -0.0400. The third-order valence-electron chi connectivity index (χ3n) is 5.46. The van der Waals surface area contributed by atoms with Crippen LogP contribution in [-0.2, 0) is 0 Å². The molecule has 0 rings (SSSR count). The van der Waals surface area contributed by atoms with Crippen LogP contribution in [0.2, 0.25) is 0 Å². The fourth-order valence-corrected chi connectivity index (χ4v) is 3.62. The van der Waals surface area contributed by atoms with E-state index < -0.39 is 0 Å². The van der Waals surface area contributed by atoms with Gasteiger partial charge >= 0.3 is 0 Å². The van der Waals surface area contributed by atoms with Crippen LogP contribution in [0.15, 0.2) is 0 Å². The molecule has 0 fully saturated rings. The van der Waals surface area contributed by atoms with Crippen LogP contribution in [0.4, 0.5) is 0 Å². The maximum atomic E-state index is 2.56. The molecule has 0 unspecified atom stereocenters. The highest BCUT2D eigenvalue weighted by Crippen LogP contribution is 2.12. The molecule has 0 aromatic carbocycles. The molecule has 0 heterocycles. The van der Waals surface area contributed by atoms with Crippen molar-refractivity contribution in [2.45, 2.75) is 136 Å². The average molecular weight is 353 g/mol. The molecule has 1 heteroatoms. The molecular weight excluding hydrogens is 302 g/mol. The molecule has 0 saturated heterocycles. The fourth-order valence-electron chi connectivity index (χ4n) is 3.62. The van der Waals surface area contributed by atoms with Gasteiger partial charge in [0.05, 0.1) is 0 Å². The molecule has 0 aromatic heterocycles. The highest BCUT2D eigenvalue weighted by Gasteiger charge is 2.02. The van der Waals surface area contributed by atoms with Crippen LogP contribution >= 0.6 is 0 Å². The van der Waals surface area contributed by atoms with Crippen molar-refractivity contribution < 1.29 is 0 Å². The van der Waals surface area contributed by atoms with Crippen LogP contribution in [0.5, 0.6) is 0 Å². The zero-order valence-corrected chi connectivity index (χ0v) is 18.2. The normalized spacial score (nSPS) is 11.5. The molecule has 0 aliphatic carbocycles. The van der Waals surface area contributed by atoms with Crippen molar-refractivity contribution in [1.82, 2.24) is 4.90 Å². The maximum Gasteiger partial charge on any atom is 0.0220 e. The topological polar surface area (TPSA) is 3.24 Å². The van der Waals surface area contributed by atoms with Gasteiger partial charge in [0.1, 0.15) is 0 Å². The average Bonchev–Trinajstić information content (AvgIpc) is 2.63. The minimum absolute atomic E-state index is 1.28. The summed E-state index contributed by atoms with van der Waals surface area (Å²) in [6, 6.07) is 0. The Balaban J connectivity index is 3.28. The lowest BCUT2D eigenvalue weighted by molar-refractivity contribution is 0.316. The Morgan fingerprint density at radius 1 is 0.440 bits per heavy atom. The summed E-state index contributed by atoms with van der Waals surface area (Å²) >= 11 is 0. The number of hydrogen-bond acceptors (Lipinski definition) is 1. The van der Waals surface area contributed by atoms with Gasteiger partial charge in [-0.1, -0.05) is 117 Å². The minimum Gasteiger partial charge on any atom is -0.299 e. The van der Waals surface area contributed by atoms with Crippen LogP contribution in [0.3, 0.4) is 0 Å². The lowest BCUT2D eigenvalue weighted by atomic mass is 10.1. The highest BCUT2D eigenvalue weighted by molar-refractivity contribution is 4.64. The van der Waals surface area contributed by atoms with Gasteiger partial charge in [0.15, 0.2) is 0 Å². The van der Waals surface area contributed by atoms with Crippen molar-refractivity contribution in [3.8, 4) is 0 Å². The van der Waals surface area contributed by atoms with Crippen LogP contribution < -0.4 is 0 Å². The summed E-state index contributed by atoms with van der Waals surface area (Å²) < 4.78 is 0. The van der Waals surface area contributed by atoms with Crippen LogP contribution in [0, 0.1) is 6.54 Å². The Morgan fingerprint density at radius 3 is 1.00 bits per heavy atom. The first-order valence-corrected chi connectivity index (χ1v) is 11.9. The Labute approximate surface area is 161 Å². The first kappa shape index (κ1) is 25.0. The predicted octanol–water partition coefficient (Wildman–Crippen LogP) is 8.53. The maximum absolute atomic E-state index is 2.56. The van der Waals surface area contributed by atoms with E-state index in [1.807, 2.05) is 0 Å². The summed E-state index contributed by atoms with van der Waals surface area (Å²) in [6.07, 6.45) is 25.8. The molecule has 0 atom stereocenters. The number of hydrogen-bond donors (Lipinski definition) is 0. The van der Waals surface area contributed by atoms with E-state index in [-0.39, 0.29) is 0 Å². The quantitative estimate of drug-likeness (QED) is 0.187. The molecular formula is C24H50N. The lowest BCUT2D eigenvalue weighted by Gasteiger charge is -2.19. The minimum atomic E-state index is 1.28. The second kappa shape index (κ2) is 22.0. The second-order valence-corrected chi connectivity index (χ2v) is 7.95. The Morgan fingerprint density at radius 2 is 0.720 bits per heavy atom. The molecule has 0 saturated carbocycles.